The third-order valence-corrected chi connectivity index (χ3v) is 6.78. The number of benzene rings is 1. The van der Waals surface area contributed by atoms with Crippen molar-refractivity contribution < 1.29 is 22.3 Å². The minimum absolute atomic E-state index is 0.127. The third-order valence-electron chi connectivity index (χ3n) is 6.78. The lowest BCUT2D eigenvalue weighted by molar-refractivity contribution is -0.132. The van der Waals surface area contributed by atoms with Crippen LogP contribution in [0, 0.1) is 35.3 Å². The fourth-order valence-corrected chi connectivity index (χ4v) is 5.14. The molecule has 2 saturated carbocycles. The highest BCUT2D eigenvalue weighted by Crippen LogP contribution is 2.42. The maximum absolute atomic E-state index is 14.0. The molecule has 5 heteroatoms. The number of alkyl halides is 2. The predicted molar refractivity (Wildman–Crippen MR) is 107 cm³/mol. The molecule has 162 valence electrons. The van der Waals surface area contributed by atoms with E-state index in [1.165, 1.54) is 44.6 Å². The van der Waals surface area contributed by atoms with Gasteiger partial charge in [0.05, 0.1) is 0 Å². The number of allylic oxidation sites excluding steroid dienone is 1. The van der Waals surface area contributed by atoms with Gasteiger partial charge >= 0.3 is 6.11 Å². The molecular weight excluding hydrogens is 380 g/mol. The lowest BCUT2D eigenvalue weighted by Crippen LogP contribution is -2.26. The van der Waals surface area contributed by atoms with E-state index in [4.69, 9.17) is 0 Å². The molecule has 2 fully saturated rings. The van der Waals surface area contributed by atoms with Gasteiger partial charge in [-0.25, -0.2) is 8.78 Å². The molecule has 0 spiro atoms. The molecule has 29 heavy (non-hydrogen) atoms. The zero-order valence-corrected chi connectivity index (χ0v) is 17.2. The maximum atomic E-state index is 14.0. The molecule has 0 saturated heterocycles. The Labute approximate surface area is 171 Å². The normalized spacial score (nSPS) is 28.6. The summed E-state index contributed by atoms with van der Waals surface area (Å²) in [5.74, 6) is -0.0983. The predicted octanol–water partition coefficient (Wildman–Crippen LogP) is 7.91. The van der Waals surface area contributed by atoms with Gasteiger partial charge in [0.1, 0.15) is 5.75 Å². The summed E-state index contributed by atoms with van der Waals surface area (Å²) in [6.07, 6.45) is 10.8. The number of rotatable bonds is 7. The Morgan fingerprint density at radius 3 is 2.14 bits per heavy atom. The van der Waals surface area contributed by atoms with Crippen LogP contribution < -0.4 is 4.74 Å². The number of halogens is 4. The van der Waals surface area contributed by atoms with Crippen LogP contribution in [0.3, 0.4) is 0 Å². The van der Waals surface area contributed by atoms with Gasteiger partial charge < -0.3 is 4.74 Å². The summed E-state index contributed by atoms with van der Waals surface area (Å²) < 4.78 is 58.7. The highest BCUT2D eigenvalue weighted by atomic mass is 19.3. The van der Waals surface area contributed by atoms with Crippen molar-refractivity contribution in [3.63, 3.8) is 0 Å². The summed E-state index contributed by atoms with van der Waals surface area (Å²) in [6.45, 7) is 2.26. The molecule has 1 aromatic carbocycles. The van der Waals surface area contributed by atoms with E-state index in [0.29, 0.717) is 6.07 Å². The zero-order chi connectivity index (χ0) is 20.9. The minimum Gasteiger partial charge on any atom is -0.429 e. The van der Waals surface area contributed by atoms with E-state index in [9.17, 15) is 17.6 Å². The van der Waals surface area contributed by atoms with Gasteiger partial charge in [0.15, 0.2) is 11.6 Å². The van der Waals surface area contributed by atoms with Crippen molar-refractivity contribution in [3.8, 4) is 5.75 Å². The molecule has 0 aliphatic heterocycles. The molecular formula is C24H32F4O. The van der Waals surface area contributed by atoms with E-state index in [-0.39, 0.29) is 11.7 Å². The van der Waals surface area contributed by atoms with Gasteiger partial charge in [0.25, 0.3) is 0 Å². The maximum Gasteiger partial charge on any atom is 0.419 e. The fraction of sp³-hybridized carbons (Fsp3) is 0.667. The largest absolute Gasteiger partial charge is 0.429 e. The van der Waals surface area contributed by atoms with Gasteiger partial charge in [0, 0.05) is 12.1 Å². The summed E-state index contributed by atoms with van der Waals surface area (Å²) in [7, 11) is 0. The van der Waals surface area contributed by atoms with Crippen molar-refractivity contribution in [3.05, 3.63) is 42.0 Å². The van der Waals surface area contributed by atoms with E-state index in [0.717, 1.165) is 61.6 Å². The van der Waals surface area contributed by atoms with Gasteiger partial charge in [-0.3, -0.25) is 0 Å². The van der Waals surface area contributed by atoms with Crippen LogP contribution in [0.1, 0.15) is 71.1 Å². The number of hydrogen-bond acceptors (Lipinski definition) is 1. The molecule has 2 aliphatic carbocycles. The van der Waals surface area contributed by atoms with Crippen LogP contribution in [-0.2, 0) is 0 Å². The summed E-state index contributed by atoms with van der Waals surface area (Å²) in [6, 6.07) is 2.42. The van der Waals surface area contributed by atoms with Crippen LogP contribution in [0.4, 0.5) is 17.6 Å². The first-order valence-electron chi connectivity index (χ1n) is 11.1. The van der Waals surface area contributed by atoms with Crippen molar-refractivity contribution in [1.29, 1.82) is 0 Å². The molecule has 0 aromatic heterocycles. The van der Waals surface area contributed by atoms with Gasteiger partial charge in [-0.05, 0) is 74.3 Å². The fourth-order valence-electron chi connectivity index (χ4n) is 5.14. The Kier molecular flexibility index (Phi) is 7.64. The lowest BCUT2D eigenvalue weighted by Gasteiger charge is -2.37. The van der Waals surface area contributed by atoms with Crippen LogP contribution in [-0.4, -0.2) is 6.11 Å². The molecule has 0 amide bonds. The molecule has 0 unspecified atom stereocenters. The summed E-state index contributed by atoms with van der Waals surface area (Å²) in [4.78, 5) is 0. The molecule has 0 atom stereocenters. The van der Waals surface area contributed by atoms with E-state index < -0.39 is 17.7 Å². The van der Waals surface area contributed by atoms with E-state index in [1.807, 2.05) is 0 Å². The second-order valence-corrected chi connectivity index (χ2v) is 8.84. The summed E-state index contributed by atoms with van der Waals surface area (Å²) in [5, 5.41) is 0. The summed E-state index contributed by atoms with van der Waals surface area (Å²) in [5.41, 5.74) is 0. The van der Waals surface area contributed by atoms with E-state index in [2.05, 4.69) is 11.7 Å². The standard InChI is InChI=1S/C24H32F4O/c1-2-3-17-4-8-19(9-5-17)20-10-6-18(7-11-20)14-15-24(27,28)29-21-12-13-22(25)23(26)16-21/h12-20H,2-11H2,1H3. The van der Waals surface area contributed by atoms with Crippen LogP contribution in [0.5, 0.6) is 5.75 Å². The second-order valence-electron chi connectivity index (χ2n) is 8.84. The highest BCUT2D eigenvalue weighted by molar-refractivity contribution is 5.24. The van der Waals surface area contributed by atoms with Gasteiger partial charge in [-0.1, -0.05) is 38.7 Å². The lowest BCUT2D eigenvalue weighted by atomic mass is 9.69. The summed E-state index contributed by atoms with van der Waals surface area (Å²) >= 11 is 0. The van der Waals surface area contributed by atoms with Crippen LogP contribution in [0.25, 0.3) is 0 Å². The first-order chi connectivity index (χ1) is 13.9. The van der Waals surface area contributed by atoms with Crippen molar-refractivity contribution >= 4 is 0 Å². The Hall–Kier alpha value is -1.52. The first-order valence-corrected chi connectivity index (χ1v) is 11.1. The van der Waals surface area contributed by atoms with Gasteiger partial charge in [0.2, 0.25) is 0 Å². The van der Waals surface area contributed by atoms with Crippen LogP contribution in [0.15, 0.2) is 30.4 Å². The molecule has 2 aliphatic rings. The van der Waals surface area contributed by atoms with Crippen molar-refractivity contribution in [2.75, 3.05) is 0 Å². The smallest absolute Gasteiger partial charge is 0.419 e. The van der Waals surface area contributed by atoms with Gasteiger partial charge in [-0.2, -0.15) is 8.78 Å². The monoisotopic (exact) mass is 412 g/mol. The van der Waals surface area contributed by atoms with Crippen molar-refractivity contribution in [2.45, 2.75) is 77.2 Å². The van der Waals surface area contributed by atoms with E-state index in [1.54, 1.807) is 0 Å². The molecule has 0 heterocycles. The topological polar surface area (TPSA) is 9.23 Å². The Balaban J connectivity index is 1.44. The Bertz CT molecular complexity index is 671. The highest BCUT2D eigenvalue weighted by Gasteiger charge is 2.32. The molecule has 0 bridgehead atoms. The average Bonchev–Trinajstić information content (AvgIpc) is 2.70. The molecule has 1 nitrogen and oxygen atoms in total. The molecule has 1 aromatic rings. The average molecular weight is 413 g/mol. The second kappa shape index (κ2) is 9.99. The van der Waals surface area contributed by atoms with Crippen molar-refractivity contribution in [2.24, 2.45) is 23.7 Å². The first kappa shape index (κ1) is 22.2. The van der Waals surface area contributed by atoms with Gasteiger partial charge in [-0.15, -0.1) is 0 Å². The molecule has 3 rings (SSSR count). The SMILES string of the molecule is CCCC1CCC(C2CCC(C=CC(F)(F)Oc3ccc(F)c(F)c3)CC2)CC1. The minimum atomic E-state index is -3.54. The Morgan fingerprint density at radius 2 is 1.55 bits per heavy atom. The zero-order valence-electron chi connectivity index (χ0n) is 17.2. The Morgan fingerprint density at radius 1 is 0.931 bits per heavy atom. The number of hydrogen-bond donors (Lipinski definition) is 0. The molecule has 0 N–H and O–H groups in total. The number of ether oxygens (including phenoxy) is 1. The molecule has 0 radical (unpaired) electrons. The van der Waals surface area contributed by atoms with Crippen LogP contribution >= 0.6 is 0 Å². The third kappa shape index (κ3) is 6.48. The van der Waals surface area contributed by atoms with Crippen LogP contribution in [0.2, 0.25) is 0 Å². The van der Waals surface area contributed by atoms with Crippen molar-refractivity contribution in [1.82, 2.24) is 0 Å². The van der Waals surface area contributed by atoms with E-state index >= 15 is 0 Å². The quantitative estimate of drug-likeness (QED) is 0.327.